The predicted octanol–water partition coefficient (Wildman–Crippen LogP) is 1.72. The molecule has 2 aromatic rings. The lowest BCUT2D eigenvalue weighted by atomic mass is 10.0. The van der Waals surface area contributed by atoms with Crippen molar-refractivity contribution in [3.8, 4) is 0 Å². The highest BCUT2D eigenvalue weighted by Crippen LogP contribution is 2.23. The van der Waals surface area contributed by atoms with E-state index in [0.29, 0.717) is 19.5 Å². The molecule has 1 aromatic carbocycles. The van der Waals surface area contributed by atoms with Crippen LogP contribution in [0.4, 0.5) is 0 Å². The van der Waals surface area contributed by atoms with E-state index in [1.807, 2.05) is 25.1 Å². The quantitative estimate of drug-likeness (QED) is 0.873. The van der Waals surface area contributed by atoms with Crippen molar-refractivity contribution in [1.29, 1.82) is 0 Å². The number of β-amino-alcohol motifs (C(OH)–C–C–N with tert-alkyl or cyclic N) is 1. The molecule has 0 radical (unpaired) electrons. The molecule has 1 aliphatic heterocycles. The van der Waals surface area contributed by atoms with Crippen molar-refractivity contribution in [1.82, 2.24) is 10.1 Å². The number of hydrogen-bond acceptors (Lipinski definition) is 5. The maximum absolute atomic E-state index is 10.9. The molecule has 6 heteroatoms. The van der Waals surface area contributed by atoms with Gasteiger partial charge in [-0.1, -0.05) is 17.3 Å². The highest BCUT2D eigenvalue weighted by molar-refractivity contribution is 5.87. The van der Waals surface area contributed by atoms with Gasteiger partial charge in [-0.15, -0.1) is 0 Å². The third-order valence-corrected chi connectivity index (χ3v) is 4.23. The van der Waals surface area contributed by atoms with Crippen LogP contribution in [-0.4, -0.2) is 45.4 Å². The molecule has 0 spiro atoms. The van der Waals surface area contributed by atoms with Gasteiger partial charge in [0, 0.05) is 38.0 Å². The average molecular weight is 316 g/mol. The molecule has 0 aliphatic carbocycles. The van der Waals surface area contributed by atoms with E-state index in [9.17, 15) is 9.90 Å². The van der Waals surface area contributed by atoms with Crippen LogP contribution in [0.3, 0.4) is 0 Å². The molecular weight excluding hydrogens is 296 g/mol. The van der Waals surface area contributed by atoms with Crippen LogP contribution in [0.1, 0.15) is 27.4 Å². The number of aliphatic hydroxyl groups is 1. The second-order valence-corrected chi connectivity index (χ2v) is 6.16. The minimum Gasteiger partial charge on any atom is -0.478 e. The maximum atomic E-state index is 10.9. The Bertz CT molecular complexity index is 680. The predicted molar refractivity (Wildman–Crippen MR) is 83.1 cm³/mol. The van der Waals surface area contributed by atoms with Gasteiger partial charge in [0.05, 0.1) is 17.4 Å². The van der Waals surface area contributed by atoms with Crippen LogP contribution in [0.25, 0.3) is 0 Å². The molecule has 1 fully saturated rings. The van der Waals surface area contributed by atoms with E-state index in [4.69, 9.17) is 9.63 Å². The second-order valence-electron chi connectivity index (χ2n) is 6.16. The molecule has 1 aromatic heterocycles. The summed E-state index contributed by atoms with van der Waals surface area (Å²) in [5.41, 5.74) is 2.18. The number of aliphatic hydroxyl groups excluding tert-OH is 1. The van der Waals surface area contributed by atoms with E-state index in [0.717, 1.165) is 23.6 Å². The zero-order valence-corrected chi connectivity index (χ0v) is 13.0. The van der Waals surface area contributed by atoms with Crippen LogP contribution in [0.5, 0.6) is 0 Å². The van der Waals surface area contributed by atoms with Crippen molar-refractivity contribution in [3.05, 3.63) is 52.9 Å². The molecule has 0 bridgehead atoms. The molecular formula is C17H20N2O4. The smallest absolute Gasteiger partial charge is 0.335 e. The summed E-state index contributed by atoms with van der Waals surface area (Å²) in [7, 11) is 0. The number of aromatic carboxylic acids is 1. The third kappa shape index (κ3) is 3.78. The number of nitrogens with zero attached hydrogens (tertiary/aromatic N) is 2. The monoisotopic (exact) mass is 316 g/mol. The normalized spacial score (nSPS) is 21.7. The number of hydrogen-bond donors (Lipinski definition) is 2. The molecule has 0 saturated carbocycles. The summed E-state index contributed by atoms with van der Waals surface area (Å²) in [6, 6.07) is 8.77. The van der Waals surface area contributed by atoms with Gasteiger partial charge in [-0.05, 0) is 24.6 Å². The molecule has 3 rings (SSSR count). The summed E-state index contributed by atoms with van der Waals surface area (Å²) >= 11 is 0. The van der Waals surface area contributed by atoms with E-state index in [2.05, 4.69) is 10.1 Å². The van der Waals surface area contributed by atoms with Gasteiger partial charge in [0.2, 0.25) is 0 Å². The fraction of sp³-hybridized carbons (Fsp3) is 0.412. The lowest BCUT2D eigenvalue weighted by molar-refractivity contribution is 0.0697. The molecule has 2 heterocycles. The number of likely N-dealkylation sites (tertiary alicyclic amines) is 1. The van der Waals surface area contributed by atoms with Crippen molar-refractivity contribution in [2.45, 2.75) is 26.0 Å². The van der Waals surface area contributed by atoms with Gasteiger partial charge in [-0.25, -0.2) is 4.79 Å². The Kier molecular flexibility index (Phi) is 4.45. The highest BCUT2D eigenvalue weighted by atomic mass is 16.5. The first-order chi connectivity index (χ1) is 11.0. The zero-order valence-electron chi connectivity index (χ0n) is 13.0. The Morgan fingerprint density at radius 1 is 1.35 bits per heavy atom. The average Bonchev–Trinajstić information content (AvgIpc) is 3.06. The molecule has 0 amide bonds. The van der Waals surface area contributed by atoms with Gasteiger partial charge in [0.15, 0.2) is 0 Å². The van der Waals surface area contributed by atoms with Gasteiger partial charge < -0.3 is 14.7 Å². The molecule has 6 nitrogen and oxygen atoms in total. The molecule has 1 saturated heterocycles. The zero-order chi connectivity index (χ0) is 16.4. The fourth-order valence-corrected chi connectivity index (χ4v) is 3.05. The minimum atomic E-state index is -0.921. The topological polar surface area (TPSA) is 86.8 Å². The standard InChI is InChI=1S/C17H20N2O4/c1-11-6-15(23-18-11)7-14-9-19(10-16(14)20)8-12-2-4-13(5-3-12)17(21)22/h2-6,14,16,20H,7-10H2,1H3,(H,21,22)/t14-,16-/m1/s1. The molecule has 23 heavy (non-hydrogen) atoms. The Balaban J connectivity index is 1.58. The highest BCUT2D eigenvalue weighted by Gasteiger charge is 2.32. The first-order valence-electron chi connectivity index (χ1n) is 7.66. The van der Waals surface area contributed by atoms with E-state index < -0.39 is 12.1 Å². The number of carboxylic acids is 1. The maximum Gasteiger partial charge on any atom is 0.335 e. The number of benzene rings is 1. The Labute approximate surface area is 134 Å². The van der Waals surface area contributed by atoms with E-state index in [1.165, 1.54) is 0 Å². The summed E-state index contributed by atoms with van der Waals surface area (Å²) in [6.45, 7) is 3.97. The molecule has 122 valence electrons. The van der Waals surface area contributed by atoms with Gasteiger partial charge in [0.1, 0.15) is 5.76 Å². The third-order valence-electron chi connectivity index (χ3n) is 4.23. The molecule has 2 N–H and O–H groups in total. The summed E-state index contributed by atoms with van der Waals surface area (Å²) in [5, 5.41) is 23.0. The summed E-state index contributed by atoms with van der Waals surface area (Å²) < 4.78 is 5.23. The van der Waals surface area contributed by atoms with Crippen LogP contribution in [0.2, 0.25) is 0 Å². The first-order valence-corrected chi connectivity index (χ1v) is 7.66. The Hall–Kier alpha value is -2.18. The lowest BCUT2D eigenvalue weighted by Gasteiger charge is -2.15. The van der Waals surface area contributed by atoms with Crippen molar-refractivity contribution < 1.29 is 19.5 Å². The van der Waals surface area contributed by atoms with Crippen molar-refractivity contribution in [2.24, 2.45) is 5.92 Å². The number of carboxylic acid groups (broad SMARTS) is 1. The van der Waals surface area contributed by atoms with E-state index in [-0.39, 0.29) is 11.5 Å². The van der Waals surface area contributed by atoms with Crippen molar-refractivity contribution in [2.75, 3.05) is 13.1 Å². The number of carbonyl (C=O) groups is 1. The summed E-state index contributed by atoms with van der Waals surface area (Å²) in [6.07, 6.45) is 0.287. The Morgan fingerprint density at radius 2 is 2.09 bits per heavy atom. The van der Waals surface area contributed by atoms with Crippen molar-refractivity contribution >= 4 is 5.97 Å². The van der Waals surface area contributed by atoms with E-state index in [1.54, 1.807) is 12.1 Å². The molecule has 0 unspecified atom stereocenters. The van der Waals surface area contributed by atoms with Crippen LogP contribution in [0.15, 0.2) is 34.9 Å². The first kappa shape index (κ1) is 15.7. The summed E-state index contributed by atoms with van der Waals surface area (Å²) in [4.78, 5) is 13.0. The van der Waals surface area contributed by atoms with Crippen LogP contribution in [0, 0.1) is 12.8 Å². The number of aromatic nitrogens is 1. The molecule has 1 aliphatic rings. The minimum absolute atomic E-state index is 0.126. The van der Waals surface area contributed by atoms with Gasteiger partial charge in [0.25, 0.3) is 0 Å². The van der Waals surface area contributed by atoms with Gasteiger partial charge in [-0.3, -0.25) is 4.90 Å². The number of rotatable bonds is 5. The van der Waals surface area contributed by atoms with Crippen LogP contribution in [-0.2, 0) is 13.0 Å². The SMILES string of the molecule is Cc1cc(C[C@@H]2CN(Cc3ccc(C(=O)O)cc3)C[C@H]2O)on1. The number of aryl methyl sites for hydroxylation is 1. The van der Waals surface area contributed by atoms with Crippen molar-refractivity contribution in [3.63, 3.8) is 0 Å². The largest absolute Gasteiger partial charge is 0.478 e. The van der Waals surface area contributed by atoms with E-state index >= 15 is 0 Å². The lowest BCUT2D eigenvalue weighted by Crippen LogP contribution is -2.21. The summed E-state index contributed by atoms with van der Waals surface area (Å²) in [5.74, 6) is 0.00964. The van der Waals surface area contributed by atoms with Gasteiger partial charge in [-0.2, -0.15) is 0 Å². The van der Waals surface area contributed by atoms with Gasteiger partial charge >= 0.3 is 5.97 Å². The fourth-order valence-electron chi connectivity index (χ4n) is 3.05. The molecule has 2 atom stereocenters. The Morgan fingerprint density at radius 3 is 2.70 bits per heavy atom. The second kappa shape index (κ2) is 6.52. The van der Waals surface area contributed by atoms with Crippen LogP contribution >= 0.6 is 0 Å². The van der Waals surface area contributed by atoms with Crippen LogP contribution < -0.4 is 0 Å².